The van der Waals surface area contributed by atoms with Crippen molar-refractivity contribution in [2.24, 2.45) is 5.41 Å². The number of piperidine rings is 1. The van der Waals surface area contributed by atoms with Crippen molar-refractivity contribution in [3.63, 3.8) is 0 Å². The van der Waals surface area contributed by atoms with Crippen molar-refractivity contribution < 1.29 is 19.1 Å². The number of hydrogen-bond acceptors (Lipinski definition) is 4. The molecular formula is C15H25NO4. The Morgan fingerprint density at radius 2 is 1.75 bits per heavy atom. The topological polar surface area (TPSA) is 55.8 Å². The molecule has 0 aromatic rings. The van der Waals surface area contributed by atoms with Gasteiger partial charge in [-0.15, -0.1) is 0 Å². The Kier molecular flexibility index (Phi) is 5.20. The van der Waals surface area contributed by atoms with E-state index in [1.165, 1.54) is 13.2 Å². The summed E-state index contributed by atoms with van der Waals surface area (Å²) in [6, 6.07) is 0. The van der Waals surface area contributed by atoms with Crippen LogP contribution in [0.15, 0.2) is 12.2 Å². The standard InChI is InChI=1S/C15H25NO4/c1-14(2,3)20-13(18)16-10-8-15(4,9-11-16)7-6-12(17)19-5/h6-7H,8-11H2,1-5H3/b7-6+. The normalized spacial score (nSPS) is 18.9. The molecule has 0 unspecified atom stereocenters. The second-order valence-corrected chi connectivity index (χ2v) is 6.48. The first-order valence-electron chi connectivity index (χ1n) is 6.90. The minimum absolute atomic E-state index is 0.0767. The third kappa shape index (κ3) is 5.23. The molecule has 1 amide bonds. The third-order valence-electron chi connectivity index (χ3n) is 3.38. The number of rotatable bonds is 2. The smallest absolute Gasteiger partial charge is 0.410 e. The van der Waals surface area contributed by atoms with Crippen LogP contribution in [0.5, 0.6) is 0 Å². The number of methoxy groups -OCH3 is 1. The molecule has 1 heterocycles. The van der Waals surface area contributed by atoms with E-state index in [0.29, 0.717) is 13.1 Å². The fourth-order valence-corrected chi connectivity index (χ4v) is 2.03. The molecule has 5 nitrogen and oxygen atoms in total. The van der Waals surface area contributed by atoms with E-state index < -0.39 is 5.60 Å². The average molecular weight is 283 g/mol. The number of nitrogens with zero attached hydrogens (tertiary/aromatic N) is 1. The molecule has 1 fully saturated rings. The van der Waals surface area contributed by atoms with E-state index in [4.69, 9.17) is 4.74 Å². The molecule has 0 aromatic heterocycles. The largest absolute Gasteiger partial charge is 0.466 e. The van der Waals surface area contributed by atoms with Gasteiger partial charge in [0.15, 0.2) is 0 Å². The number of allylic oxidation sites excluding steroid dienone is 1. The third-order valence-corrected chi connectivity index (χ3v) is 3.38. The predicted molar refractivity (Wildman–Crippen MR) is 76.3 cm³/mol. The molecule has 1 rings (SSSR count). The molecule has 0 atom stereocenters. The van der Waals surface area contributed by atoms with E-state index in [-0.39, 0.29) is 17.5 Å². The summed E-state index contributed by atoms with van der Waals surface area (Å²) in [6.07, 6.45) is 4.69. The van der Waals surface area contributed by atoms with Crippen LogP contribution in [0.25, 0.3) is 0 Å². The number of amides is 1. The van der Waals surface area contributed by atoms with E-state index in [9.17, 15) is 9.59 Å². The van der Waals surface area contributed by atoms with Crippen LogP contribution in [-0.2, 0) is 14.3 Å². The Morgan fingerprint density at radius 1 is 1.20 bits per heavy atom. The van der Waals surface area contributed by atoms with E-state index in [2.05, 4.69) is 11.7 Å². The minimum atomic E-state index is -0.470. The number of likely N-dealkylation sites (tertiary alicyclic amines) is 1. The monoisotopic (exact) mass is 283 g/mol. The van der Waals surface area contributed by atoms with E-state index >= 15 is 0 Å². The molecule has 5 heteroatoms. The highest BCUT2D eigenvalue weighted by Crippen LogP contribution is 2.32. The van der Waals surface area contributed by atoms with Crippen LogP contribution in [-0.4, -0.2) is 42.8 Å². The van der Waals surface area contributed by atoms with Gasteiger partial charge in [-0.2, -0.15) is 0 Å². The molecule has 0 N–H and O–H groups in total. The molecular weight excluding hydrogens is 258 g/mol. The maximum atomic E-state index is 11.9. The molecule has 0 aliphatic carbocycles. The number of esters is 1. The van der Waals surface area contributed by atoms with Crippen LogP contribution in [0.1, 0.15) is 40.5 Å². The molecule has 0 aromatic carbocycles. The summed E-state index contributed by atoms with van der Waals surface area (Å²) in [4.78, 5) is 24.8. The molecule has 0 radical (unpaired) electrons. The number of carbonyl (C=O) groups is 2. The molecule has 114 valence electrons. The first-order valence-corrected chi connectivity index (χ1v) is 6.90. The highest BCUT2D eigenvalue weighted by Gasteiger charge is 2.32. The van der Waals surface area contributed by atoms with Gasteiger partial charge in [-0.05, 0) is 39.0 Å². The number of hydrogen-bond donors (Lipinski definition) is 0. The highest BCUT2D eigenvalue weighted by molar-refractivity contribution is 5.81. The lowest BCUT2D eigenvalue weighted by Crippen LogP contribution is -2.44. The molecule has 0 saturated carbocycles. The van der Waals surface area contributed by atoms with Crippen LogP contribution in [0.3, 0.4) is 0 Å². The Balaban J connectivity index is 2.52. The summed E-state index contributed by atoms with van der Waals surface area (Å²) < 4.78 is 9.95. The Hall–Kier alpha value is -1.52. The van der Waals surface area contributed by atoms with Gasteiger partial charge in [0.1, 0.15) is 5.60 Å². The molecule has 1 saturated heterocycles. The molecule has 20 heavy (non-hydrogen) atoms. The second-order valence-electron chi connectivity index (χ2n) is 6.48. The highest BCUT2D eigenvalue weighted by atomic mass is 16.6. The maximum Gasteiger partial charge on any atom is 0.410 e. The van der Waals surface area contributed by atoms with Crippen LogP contribution < -0.4 is 0 Å². The zero-order chi connectivity index (χ0) is 15.4. The Bertz CT molecular complexity index is 387. The summed E-state index contributed by atoms with van der Waals surface area (Å²) in [7, 11) is 1.36. The number of ether oxygens (including phenoxy) is 2. The predicted octanol–water partition coefficient (Wildman–Crippen LogP) is 2.75. The Labute approximate surface area is 120 Å². The summed E-state index contributed by atoms with van der Waals surface area (Å²) >= 11 is 0. The van der Waals surface area contributed by atoms with Crippen LogP contribution in [0.4, 0.5) is 4.79 Å². The number of carbonyl (C=O) groups excluding carboxylic acids is 2. The van der Waals surface area contributed by atoms with Crippen molar-refractivity contribution in [2.45, 2.75) is 46.1 Å². The first-order chi connectivity index (χ1) is 9.15. The lowest BCUT2D eigenvalue weighted by atomic mass is 9.80. The van der Waals surface area contributed by atoms with Gasteiger partial charge >= 0.3 is 12.1 Å². The van der Waals surface area contributed by atoms with Gasteiger partial charge in [-0.25, -0.2) is 9.59 Å². The van der Waals surface area contributed by atoms with E-state index in [1.807, 2.05) is 26.8 Å². The zero-order valence-electron chi connectivity index (χ0n) is 13.1. The first kappa shape index (κ1) is 16.5. The van der Waals surface area contributed by atoms with E-state index in [0.717, 1.165) is 12.8 Å². The van der Waals surface area contributed by atoms with Crippen LogP contribution in [0.2, 0.25) is 0 Å². The van der Waals surface area contributed by atoms with Crippen molar-refractivity contribution in [3.8, 4) is 0 Å². The lowest BCUT2D eigenvalue weighted by molar-refractivity contribution is -0.134. The van der Waals surface area contributed by atoms with Gasteiger partial charge in [0, 0.05) is 19.2 Å². The summed E-state index contributed by atoms with van der Waals surface area (Å²) in [5.74, 6) is -0.346. The lowest BCUT2D eigenvalue weighted by Gasteiger charge is -2.38. The van der Waals surface area contributed by atoms with Gasteiger partial charge in [0.05, 0.1) is 7.11 Å². The zero-order valence-corrected chi connectivity index (χ0v) is 13.1. The second kappa shape index (κ2) is 6.29. The quantitative estimate of drug-likeness (QED) is 0.577. The van der Waals surface area contributed by atoms with E-state index in [1.54, 1.807) is 4.90 Å². The minimum Gasteiger partial charge on any atom is -0.466 e. The van der Waals surface area contributed by atoms with Crippen molar-refractivity contribution in [1.29, 1.82) is 0 Å². The summed E-state index contributed by atoms with van der Waals surface area (Å²) in [5, 5.41) is 0. The van der Waals surface area contributed by atoms with Gasteiger partial charge in [-0.1, -0.05) is 13.0 Å². The van der Waals surface area contributed by atoms with Crippen molar-refractivity contribution in [3.05, 3.63) is 12.2 Å². The molecule has 0 spiro atoms. The van der Waals surface area contributed by atoms with Gasteiger partial charge in [0.2, 0.25) is 0 Å². The fraction of sp³-hybridized carbons (Fsp3) is 0.733. The van der Waals surface area contributed by atoms with Crippen molar-refractivity contribution in [2.75, 3.05) is 20.2 Å². The SMILES string of the molecule is COC(=O)/C=C/C1(C)CCN(C(=O)OC(C)(C)C)CC1. The van der Waals surface area contributed by atoms with Gasteiger partial charge < -0.3 is 14.4 Å². The van der Waals surface area contributed by atoms with Crippen LogP contribution >= 0.6 is 0 Å². The molecule has 1 aliphatic rings. The van der Waals surface area contributed by atoms with Crippen molar-refractivity contribution >= 4 is 12.1 Å². The van der Waals surface area contributed by atoms with Gasteiger partial charge in [-0.3, -0.25) is 0 Å². The molecule has 1 aliphatic heterocycles. The average Bonchev–Trinajstić information content (AvgIpc) is 2.34. The fourth-order valence-electron chi connectivity index (χ4n) is 2.03. The van der Waals surface area contributed by atoms with Crippen LogP contribution in [0, 0.1) is 5.41 Å². The van der Waals surface area contributed by atoms with Crippen molar-refractivity contribution in [1.82, 2.24) is 4.90 Å². The molecule has 0 bridgehead atoms. The summed E-state index contributed by atoms with van der Waals surface area (Å²) in [6.45, 7) is 8.93. The maximum absolute atomic E-state index is 11.9. The van der Waals surface area contributed by atoms with Gasteiger partial charge in [0.25, 0.3) is 0 Å². The Morgan fingerprint density at radius 3 is 2.20 bits per heavy atom. The summed E-state index contributed by atoms with van der Waals surface area (Å²) in [5.41, 5.74) is -0.546.